The van der Waals surface area contributed by atoms with Crippen LogP contribution in [-0.4, -0.2) is 59.3 Å². The van der Waals surface area contributed by atoms with Crippen molar-refractivity contribution < 1.29 is 19.3 Å². The standard InChI is InChI=1S/C28H39N3O4/c1-6-15-31(17-23(32)20-34-19-21(2)3)18-26-27(22-11-8-7-9-12-22)29-30(4)28(26)35-25-14-10-13-24(16-25)33-5/h7-14,16,21,23,32H,6,15,17-20H2,1-5H3. The van der Waals surface area contributed by atoms with Crippen molar-refractivity contribution in [3.63, 3.8) is 0 Å². The largest absolute Gasteiger partial charge is 0.497 e. The fourth-order valence-electron chi connectivity index (χ4n) is 3.99. The van der Waals surface area contributed by atoms with Crippen molar-refractivity contribution in [1.82, 2.24) is 14.7 Å². The molecule has 0 radical (unpaired) electrons. The van der Waals surface area contributed by atoms with Gasteiger partial charge in [-0.25, -0.2) is 4.68 Å². The van der Waals surface area contributed by atoms with Crippen molar-refractivity contribution in [2.75, 3.05) is 33.4 Å². The summed E-state index contributed by atoms with van der Waals surface area (Å²) < 4.78 is 19.2. The van der Waals surface area contributed by atoms with Gasteiger partial charge in [0.2, 0.25) is 5.88 Å². The van der Waals surface area contributed by atoms with Crippen LogP contribution in [0.3, 0.4) is 0 Å². The summed E-state index contributed by atoms with van der Waals surface area (Å²) in [5.41, 5.74) is 2.87. The molecule has 3 aromatic rings. The van der Waals surface area contributed by atoms with Crippen LogP contribution in [0.5, 0.6) is 17.4 Å². The Morgan fingerprint density at radius 3 is 2.46 bits per heavy atom. The minimum atomic E-state index is -0.570. The molecular formula is C28H39N3O4. The third kappa shape index (κ3) is 7.82. The van der Waals surface area contributed by atoms with Crippen molar-refractivity contribution in [2.24, 2.45) is 13.0 Å². The van der Waals surface area contributed by atoms with E-state index in [-0.39, 0.29) is 0 Å². The highest BCUT2D eigenvalue weighted by atomic mass is 16.5. The molecule has 7 heteroatoms. The summed E-state index contributed by atoms with van der Waals surface area (Å²) in [5, 5.41) is 15.5. The van der Waals surface area contributed by atoms with E-state index in [9.17, 15) is 5.11 Å². The highest BCUT2D eigenvalue weighted by Crippen LogP contribution is 2.35. The number of benzene rings is 2. The zero-order valence-electron chi connectivity index (χ0n) is 21.6. The Hall–Kier alpha value is -2.87. The highest BCUT2D eigenvalue weighted by molar-refractivity contribution is 5.65. The first-order valence-corrected chi connectivity index (χ1v) is 12.3. The van der Waals surface area contributed by atoms with Gasteiger partial charge in [0.15, 0.2) is 0 Å². The second kappa shape index (κ2) is 13.3. The lowest BCUT2D eigenvalue weighted by molar-refractivity contribution is 0.00685. The van der Waals surface area contributed by atoms with Crippen LogP contribution in [0, 0.1) is 5.92 Å². The van der Waals surface area contributed by atoms with E-state index in [1.165, 1.54) is 0 Å². The monoisotopic (exact) mass is 481 g/mol. The van der Waals surface area contributed by atoms with Gasteiger partial charge in [0, 0.05) is 38.4 Å². The summed E-state index contributed by atoms with van der Waals surface area (Å²) >= 11 is 0. The molecule has 35 heavy (non-hydrogen) atoms. The third-order valence-electron chi connectivity index (χ3n) is 5.54. The summed E-state index contributed by atoms with van der Waals surface area (Å²) in [7, 11) is 3.53. The molecule has 0 saturated heterocycles. The average Bonchev–Trinajstić information content (AvgIpc) is 3.14. The second-order valence-electron chi connectivity index (χ2n) is 9.22. The molecule has 1 heterocycles. The summed E-state index contributed by atoms with van der Waals surface area (Å²) in [6, 6.07) is 17.7. The lowest BCUT2D eigenvalue weighted by Gasteiger charge is -2.25. The molecule has 1 aromatic heterocycles. The molecule has 190 valence electrons. The van der Waals surface area contributed by atoms with Gasteiger partial charge in [0.25, 0.3) is 0 Å². The van der Waals surface area contributed by atoms with Crippen molar-refractivity contribution in [1.29, 1.82) is 0 Å². The van der Waals surface area contributed by atoms with Crippen LogP contribution in [0.1, 0.15) is 32.8 Å². The summed E-state index contributed by atoms with van der Waals surface area (Å²) in [5.74, 6) is 2.52. The fraction of sp³-hybridized carbons (Fsp3) is 0.464. The maximum absolute atomic E-state index is 10.7. The van der Waals surface area contributed by atoms with E-state index in [2.05, 4.69) is 37.8 Å². The molecule has 0 aliphatic heterocycles. The first-order chi connectivity index (χ1) is 16.9. The molecule has 0 bridgehead atoms. The van der Waals surface area contributed by atoms with E-state index in [1.807, 2.05) is 49.5 Å². The van der Waals surface area contributed by atoms with Gasteiger partial charge < -0.3 is 19.3 Å². The van der Waals surface area contributed by atoms with E-state index in [0.29, 0.717) is 43.9 Å². The SMILES string of the molecule is CCCN(Cc1c(-c2ccccc2)nn(C)c1Oc1cccc(OC)c1)CC(O)COCC(C)C. The van der Waals surface area contributed by atoms with E-state index in [0.717, 1.165) is 35.5 Å². The minimum Gasteiger partial charge on any atom is -0.497 e. The fourth-order valence-corrected chi connectivity index (χ4v) is 3.99. The number of aliphatic hydroxyl groups is 1. The molecule has 0 aliphatic rings. The van der Waals surface area contributed by atoms with Gasteiger partial charge in [-0.05, 0) is 31.0 Å². The Balaban J connectivity index is 1.90. The summed E-state index contributed by atoms with van der Waals surface area (Å²) in [6.07, 6.45) is 0.395. The number of ether oxygens (including phenoxy) is 3. The molecule has 0 spiro atoms. The van der Waals surface area contributed by atoms with Gasteiger partial charge in [-0.15, -0.1) is 0 Å². The molecule has 0 aliphatic carbocycles. The number of nitrogens with zero attached hydrogens (tertiary/aromatic N) is 3. The van der Waals surface area contributed by atoms with Crippen LogP contribution < -0.4 is 9.47 Å². The quantitative estimate of drug-likeness (QED) is 0.344. The number of aryl methyl sites for hydroxylation is 1. The van der Waals surface area contributed by atoms with Crippen molar-refractivity contribution >= 4 is 0 Å². The van der Waals surface area contributed by atoms with E-state index < -0.39 is 6.10 Å². The molecule has 0 saturated carbocycles. The maximum Gasteiger partial charge on any atom is 0.222 e. The molecule has 3 rings (SSSR count). The molecular weight excluding hydrogens is 442 g/mol. The summed E-state index contributed by atoms with van der Waals surface area (Å²) in [6.45, 7) is 9.25. The summed E-state index contributed by atoms with van der Waals surface area (Å²) in [4.78, 5) is 2.24. The molecule has 1 atom stereocenters. The Morgan fingerprint density at radius 2 is 1.77 bits per heavy atom. The predicted molar refractivity (Wildman–Crippen MR) is 139 cm³/mol. The van der Waals surface area contributed by atoms with E-state index in [4.69, 9.17) is 19.3 Å². The normalized spacial score (nSPS) is 12.3. The number of hydrogen-bond acceptors (Lipinski definition) is 6. The third-order valence-corrected chi connectivity index (χ3v) is 5.54. The minimum absolute atomic E-state index is 0.324. The van der Waals surface area contributed by atoms with Gasteiger partial charge in [-0.3, -0.25) is 4.90 Å². The Labute approximate surface area is 209 Å². The topological polar surface area (TPSA) is 69.0 Å². The highest BCUT2D eigenvalue weighted by Gasteiger charge is 2.23. The Morgan fingerprint density at radius 1 is 1.03 bits per heavy atom. The lowest BCUT2D eigenvalue weighted by atomic mass is 10.1. The van der Waals surface area contributed by atoms with Gasteiger partial charge in [-0.1, -0.05) is 57.2 Å². The Kier molecular flexibility index (Phi) is 10.1. The van der Waals surface area contributed by atoms with E-state index in [1.54, 1.807) is 11.8 Å². The number of aromatic nitrogens is 2. The van der Waals surface area contributed by atoms with Crippen LogP contribution >= 0.6 is 0 Å². The smallest absolute Gasteiger partial charge is 0.222 e. The number of aliphatic hydroxyl groups excluding tert-OH is 1. The van der Waals surface area contributed by atoms with Gasteiger partial charge in [0.05, 0.1) is 25.4 Å². The second-order valence-corrected chi connectivity index (χ2v) is 9.22. The Bertz CT molecular complexity index is 1040. The van der Waals surface area contributed by atoms with Gasteiger partial charge in [-0.2, -0.15) is 5.10 Å². The number of rotatable bonds is 14. The molecule has 7 nitrogen and oxygen atoms in total. The lowest BCUT2D eigenvalue weighted by Crippen LogP contribution is -2.35. The molecule has 0 fully saturated rings. The molecule has 2 aromatic carbocycles. The average molecular weight is 482 g/mol. The van der Waals surface area contributed by atoms with Crippen molar-refractivity contribution in [3.05, 3.63) is 60.2 Å². The molecule has 0 amide bonds. The zero-order chi connectivity index (χ0) is 25.2. The van der Waals surface area contributed by atoms with Crippen LogP contribution in [0.15, 0.2) is 54.6 Å². The first kappa shape index (κ1) is 26.7. The van der Waals surface area contributed by atoms with Gasteiger partial charge >= 0.3 is 0 Å². The zero-order valence-corrected chi connectivity index (χ0v) is 21.6. The van der Waals surface area contributed by atoms with Crippen molar-refractivity contribution in [3.8, 4) is 28.6 Å². The first-order valence-electron chi connectivity index (χ1n) is 12.3. The van der Waals surface area contributed by atoms with Crippen LogP contribution in [0.2, 0.25) is 0 Å². The predicted octanol–water partition coefficient (Wildman–Crippen LogP) is 5.13. The van der Waals surface area contributed by atoms with Crippen LogP contribution in [-0.2, 0) is 18.3 Å². The van der Waals surface area contributed by atoms with Crippen LogP contribution in [0.4, 0.5) is 0 Å². The van der Waals surface area contributed by atoms with Gasteiger partial charge in [0.1, 0.15) is 17.2 Å². The molecule has 1 N–H and O–H groups in total. The van der Waals surface area contributed by atoms with Crippen molar-refractivity contribution in [2.45, 2.75) is 39.8 Å². The van der Waals surface area contributed by atoms with Crippen LogP contribution in [0.25, 0.3) is 11.3 Å². The number of methoxy groups -OCH3 is 1. The van der Waals surface area contributed by atoms with E-state index >= 15 is 0 Å². The number of hydrogen-bond donors (Lipinski definition) is 1. The maximum atomic E-state index is 10.7. The molecule has 1 unspecified atom stereocenters.